The number of benzene rings is 1. The van der Waals surface area contributed by atoms with Gasteiger partial charge in [0.15, 0.2) is 0 Å². The van der Waals surface area contributed by atoms with Gasteiger partial charge in [0.1, 0.15) is 0 Å². The van der Waals surface area contributed by atoms with Crippen molar-refractivity contribution in [3.8, 4) is 0 Å². The van der Waals surface area contributed by atoms with Gasteiger partial charge >= 0.3 is 0 Å². The SMILES string of the molecule is CC(=Cc1ccccc1)N(C(C)C)C(C)C. The van der Waals surface area contributed by atoms with Crippen molar-refractivity contribution in [2.45, 2.75) is 46.7 Å². The summed E-state index contributed by atoms with van der Waals surface area (Å²) in [6.07, 6.45) is 2.25. The quantitative estimate of drug-likeness (QED) is 0.731. The van der Waals surface area contributed by atoms with Gasteiger partial charge in [0.05, 0.1) is 0 Å². The molecule has 88 valence electrons. The Labute approximate surface area is 99.8 Å². The van der Waals surface area contributed by atoms with Crippen molar-refractivity contribution in [2.24, 2.45) is 0 Å². The van der Waals surface area contributed by atoms with Crippen LogP contribution in [0.1, 0.15) is 40.2 Å². The summed E-state index contributed by atoms with van der Waals surface area (Å²) in [5.74, 6) is 0. The maximum absolute atomic E-state index is 2.44. The van der Waals surface area contributed by atoms with Crippen molar-refractivity contribution in [3.63, 3.8) is 0 Å². The normalized spacial score (nSPS) is 12.3. The maximum atomic E-state index is 2.44. The van der Waals surface area contributed by atoms with Crippen LogP contribution in [0.3, 0.4) is 0 Å². The van der Waals surface area contributed by atoms with E-state index in [0.29, 0.717) is 12.1 Å². The predicted octanol–water partition coefficient (Wildman–Crippen LogP) is 4.17. The molecule has 0 saturated heterocycles. The van der Waals surface area contributed by atoms with Crippen molar-refractivity contribution >= 4 is 6.08 Å². The molecule has 1 aromatic rings. The van der Waals surface area contributed by atoms with Crippen molar-refractivity contribution < 1.29 is 0 Å². The fourth-order valence-corrected chi connectivity index (χ4v) is 2.28. The van der Waals surface area contributed by atoms with Crippen LogP contribution in [0, 0.1) is 0 Å². The Morgan fingerprint density at radius 2 is 1.50 bits per heavy atom. The Balaban J connectivity index is 2.91. The van der Waals surface area contributed by atoms with Crippen molar-refractivity contribution in [2.75, 3.05) is 0 Å². The van der Waals surface area contributed by atoms with Crippen LogP contribution in [0.5, 0.6) is 0 Å². The number of allylic oxidation sites excluding steroid dienone is 1. The van der Waals surface area contributed by atoms with E-state index >= 15 is 0 Å². The van der Waals surface area contributed by atoms with Crippen LogP contribution in [0.15, 0.2) is 36.0 Å². The number of hydrogen-bond donors (Lipinski definition) is 0. The summed E-state index contributed by atoms with van der Waals surface area (Å²) >= 11 is 0. The fourth-order valence-electron chi connectivity index (χ4n) is 2.28. The number of rotatable bonds is 4. The molecule has 1 rings (SSSR count). The monoisotopic (exact) mass is 217 g/mol. The van der Waals surface area contributed by atoms with E-state index < -0.39 is 0 Å². The molecule has 0 spiro atoms. The van der Waals surface area contributed by atoms with Crippen LogP contribution in [0.2, 0.25) is 0 Å². The van der Waals surface area contributed by atoms with E-state index in [0.717, 1.165) is 0 Å². The first-order chi connectivity index (χ1) is 7.52. The molecular formula is C15H23N. The topological polar surface area (TPSA) is 3.24 Å². The largest absolute Gasteiger partial charge is 0.370 e. The minimum Gasteiger partial charge on any atom is -0.370 e. The second kappa shape index (κ2) is 5.74. The molecular weight excluding hydrogens is 194 g/mol. The van der Waals surface area contributed by atoms with Gasteiger partial charge in [-0.15, -0.1) is 0 Å². The highest BCUT2D eigenvalue weighted by atomic mass is 15.2. The first kappa shape index (κ1) is 12.8. The predicted molar refractivity (Wildman–Crippen MR) is 72.2 cm³/mol. The molecule has 0 aromatic heterocycles. The zero-order valence-electron chi connectivity index (χ0n) is 11.1. The molecule has 1 nitrogen and oxygen atoms in total. The van der Waals surface area contributed by atoms with E-state index in [2.05, 4.69) is 75.9 Å². The maximum Gasteiger partial charge on any atom is 0.0233 e. The summed E-state index contributed by atoms with van der Waals surface area (Å²) in [5.41, 5.74) is 2.60. The minimum absolute atomic E-state index is 0.542. The lowest BCUT2D eigenvalue weighted by molar-refractivity contribution is 0.234. The highest BCUT2D eigenvalue weighted by Crippen LogP contribution is 2.16. The lowest BCUT2D eigenvalue weighted by Crippen LogP contribution is -2.35. The molecule has 0 unspecified atom stereocenters. The van der Waals surface area contributed by atoms with Gasteiger partial charge in [-0.3, -0.25) is 0 Å². The van der Waals surface area contributed by atoms with Crippen LogP contribution < -0.4 is 0 Å². The zero-order valence-corrected chi connectivity index (χ0v) is 11.1. The van der Waals surface area contributed by atoms with Gasteiger partial charge in [0.2, 0.25) is 0 Å². The third-order valence-electron chi connectivity index (χ3n) is 2.70. The van der Waals surface area contributed by atoms with Gasteiger partial charge in [0, 0.05) is 17.8 Å². The van der Waals surface area contributed by atoms with Crippen molar-refractivity contribution in [3.05, 3.63) is 41.6 Å². The Hall–Kier alpha value is -1.24. The fraction of sp³-hybridized carbons (Fsp3) is 0.467. The molecule has 1 heteroatoms. The molecule has 0 heterocycles. The van der Waals surface area contributed by atoms with E-state index in [1.165, 1.54) is 11.3 Å². The summed E-state index contributed by atoms with van der Waals surface area (Å²) in [7, 11) is 0. The first-order valence-electron chi connectivity index (χ1n) is 6.04. The summed E-state index contributed by atoms with van der Waals surface area (Å²) < 4.78 is 0. The number of hydrogen-bond acceptors (Lipinski definition) is 1. The molecule has 0 N–H and O–H groups in total. The molecule has 0 aliphatic rings. The molecule has 0 aliphatic heterocycles. The first-order valence-corrected chi connectivity index (χ1v) is 6.04. The lowest BCUT2D eigenvalue weighted by Gasteiger charge is -2.33. The molecule has 16 heavy (non-hydrogen) atoms. The van der Waals surface area contributed by atoms with Crippen molar-refractivity contribution in [1.29, 1.82) is 0 Å². The van der Waals surface area contributed by atoms with E-state index in [9.17, 15) is 0 Å². The summed E-state index contributed by atoms with van der Waals surface area (Å²) in [6.45, 7) is 11.1. The Morgan fingerprint density at radius 1 is 1.00 bits per heavy atom. The van der Waals surface area contributed by atoms with Crippen LogP contribution in [-0.4, -0.2) is 17.0 Å². The van der Waals surface area contributed by atoms with E-state index in [4.69, 9.17) is 0 Å². The third kappa shape index (κ3) is 3.41. The summed E-state index contributed by atoms with van der Waals surface area (Å²) in [4.78, 5) is 2.44. The summed E-state index contributed by atoms with van der Waals surface area (Å²) in [5, 5.41) is 0. The second-order valence-electron chi connectivity index (χ2n) is 4.79. The average Bonchev–Trinajstić information content (AvgIpc) is 2.17. The van der Waals surface area contributed by atoms with E-state index in [1.807, 2.05) is 0 Å². The Kier molecular flexibility index (Phi) is 4.60. The van der Waals surface area contributed by atoms with Crippen molar-refractivity contribution in [1.82, 2.24) is 4.90 Å². The van der Waals surface area contributed by atoms with Gasteiger partial charge in [-0.1, -0.05) is 30.3 Å². The molecule has 0 saturated carbocycles. The molecule has 1 aromatic carbocycles. The van der Waals surface area contributed by atoms with Gasteiger partial charge in [0.25, 0.3) is 0 Å². The van der Waals surface area contributed by atoms with Gasteiger partial charge < -0.3 is 4.90 Å². The van der Waals surface area contributed by atoms with E-state index in [-0.39, 0.29) is 0 Å². The highest BCUT2D eigenvalue weighted by Gasteiger charge is 2.12. The second-order valence-corrected chi connectivity index (χ2v) is 4.79. The van der Waals surface area contributed by atoms with Gasteiger partial charge in [-0.25, -0.2) is 0 Å². The van der Waals surface area contributed by atoms with Gasteiger partial charge in [-0.05, 0) is 46.3 Å². The van der Waals surface area contributed by atoms with Crippen LogP contribution in [0.25, 0.3) is 6.08 Å². The molecule has 0 atom stereocenters. The Morgan fingerprint density at radius 3 is 1.94 bits per heavy atom. The average molecular weight is 217 g/mol. The molecule has 0 radical (unpaired) electrons. The molecule has 0 fully saturated rings. The zero-order chi connectivity index (χ0) is 12.1. The third-order valence-corrected chi connectivity index (χ3v) is 2.70. The number of nitrogens with zero attached hydrogens (tertiary/aromatic N) is 1. The van der Waals surface area contributed by atoms with Crippen LogP contribution in [-0.2, 0) is 0 Å². The Bertz CT molecular complexity index is 328. The van der Waals surface area contributed by atoms with Crippen LogP contribution >= 0.6 is 0 Å². The molecule has 0 aliphatic carbocycles. The van der Waals surface area contributed by atoms with Crippen LogP contribution in [0.4, 0.5) is 0 Å². The van der Waals surface area contributed by atoms with E-state index in [1.54, 1.807) is 0 Å². The standard InChI is InChI=1S/C15H23N/c1-12(2)16(13(3)4)14(5)11-15-9-7-6-8-10-15/h6-13H,1-5H3. The lowest BCUT2D eigenvalue weighted by atomic mass is 10.1. The van der Waals surface area contributed by atoms with Gasteiger partial charge in [-0.2, -0.15) is 0 Å². The molecule has 0 amide bonds. The smallest absolute Gasteiger partial charge is 0.0233 e. The summed E-state index contributed by atoms with van der Waals surface area (Å²) in [6, 6.07) is 11.6. The minimum atomic E-state index is 0.542. The molecule has 0 bridgehead atoms. The highest BCUT2D eigenvalue weighted by molar-refractivity contribution is 5.51.